The van der Waals surface area contributed by atoms with Crippen LogP contribution in [0.2, 0.25) is 0 Å². The van der Waals surface area contributed by atoms with Crippen molar-refractivity contribution in [1.82, 2.24) is 14.2 Å². The number of pyridine rings is 1. The average molecular weight is 627 g/mol. The molecular weight excluding hydrogens is 596 g/mol. The summed E-state index contributed by atoms with van der Waals surface area (Å²) in [7, 11) is -3.66. The fourth-order valence-electron chi connectivity index (χ4n) is 5.81. The van der Waals surface area contributed by atoms with Crippen LogP contribution in [0.15, 0.2) is 83.8 Å². The van der Waals surface area contributed by atoms with E-state index in [1.54, 1.807) is 42.5 Å². The minimum atomic E-state index is -3.66. The predicted molar refractivity (Wildman–Crippen MR) is 168 cm³/mol. The van der Waals surface area contributed by atoms with Crippen LogP contribution in [0.25, 0.3) is 22.6 Å². The molecule has 1 aliphatic heterocycles. The summed E-state index contributed by atoms with van der Waals surface area (Å²) < 4.78 is 32.8. The molecule has 2 aliphatic rings. The van der Waals surface area contributed by atoms with E-state index in [-0.39, 0.29) is 36.8 Å². The van der Waals surface area contributed by atoms with Crippen LogP contribution in [-0.2, 0) is 26.0 Å². The molecule has 4 aromatic rings. The molecule has 11 nitrogen and oxygen atoms in total. The first-order chi connectivity index (χ1) is 21.7. The van der Waals surface area contributed by atoms with Gasteiger partial charge < -0.3 is 9.64 Å². The number of non-ortho nitro benzene ring substituents is 1. The lowest BCUT2D eigenvalue weighted by atomic mass is 9.86. The van der Waals surface area contributed by atoms with E-state index in [9.17, 15) is 28.1 Å². The highest BCUT2D eigenvalue weighted by Crippen LogP contribution is 2.36. The lowest BCUT2D eigenvalue weighted by Crippen LogP contribution is -2.51. The van der Waals surface area contributed by atoms with Gasteiger partial charge in [0.05, 0.1) is 26.6 Å². The van der Waals surface area contributed by atoms with Crippen LogP contribution < -0.4 is 0 Å². The molecule has 1 saturated heterocycles. The number of para-hydroxylation sites is 1. The Kier molecular flexibility index (Phi) is 8.42. The highest BCUT2D eigenvalue weighted by Gasteiger charge is 2.31. The second-order valence-electron chi connectivity index (χ2n) is 10.9. The van der Waals surface area contributed by atoms with Crippen LogP contribution in [0, 0.1) is 10.1 Å². The molecule has 0 spiro atoms. The number of ether oxygens (including phenoxy) is 1. The van der Waals surface area contributed by atoms with Crippen molar-refractivity contribution < 1.29 is 27.7 Å². The van der Waals surface area contributed by atoms with Gasteiger partial charge in [0.15, 0.2) is 6.61 Å². The molecule has 2 heterocycles. The summed E-state index contributed by atoms with van der Waals surface area (Å²) in [5.74, 6) is -1.02. The molecule has 0 bridgehead atoms. The first kappa shape index (κ1) is 30.1. The number of aromatic nitrogens is 1. The summed E-state index contributed by atoms with van der Waals surface area (Å²) in [6.07, 6.45) is 4.01. The van der Waals surface area contributed by atoms with Gasteiger partial charge in [-0.2, -0.15) is 4.31 Å². The average Bonchev–Trinajstić information content (AvgIpc) is 3.07. The Labute approximate surface area is 259 Å². The molecule has 0 atom stereocenters. The van der Waals surface area contributed by atoms with Crippen LogP contribution in [-0.4, -0.2) is 72.2 Å². The van der Waals surface area contributed by atoms with E-state index in [1.807, 2.05) is 30.3 Å². The Hall–Kier alpha value is -4.94. The third-order valence-electron chi connectivity index (χ3n) is 8.12. The van der Waals surface area contributed by atoms with Crippen molar-refractivity contribution in [3.63, 3.8) is 0 Å². The van der Waals surface area contributed by atoms with E-state index in [0.717, 1.165) is 23.1 Å². The molecule has 45 heavy (non-hydrogen) atoms. The van der Waals surface area contributed by atoms with Crippen molar-refractivity contribution in [3.8, 4) is 0 Å². The number of hydrogen-bond acceptors (Lipinski definition) is 8. The SMILES string of the molecule is O=C(OCC(=O)N1CCN(S(=O)(=O)c2ccccc2)CC1)c1c2c(nc3ccccc13)/C(=C\c1ccc([N+](=O)[O-])cc1)CCC2. The normalized spacial score (nSPS) is 16.4. The zero-order valence-corrected chi connectivity index (χ0v) is 25.1. The molecule has 0 saturated carbocycles. The molecule has 6 rings (SSSR count). The standard InChI is InChI=1S/C33H30N4O7S/c38-30(35-17-19-36(20-18-35)45(42,43)26-8-2-1-3-9-26)22-44-33(39)31-27-10-4-5-12-29(27)34-32-24(7-6-11-28(31)32)21-23-13-15-25(16-14-23)37(40)41/h1-5,8-10,12-16,21H,6-7,11,17-20,22H2/b24-21-. The van der Waals surface area contributed by atoms with Gasteiger partial charge in [0.2, 0.25) is 10.0 Å². The zero-order valence-electron chi connectivity index (χ0n) is 24.3. The maximum absolute atomic E-state index is 13.6. The largest absolute Gasteiger partial charge is 0.452 e. The molecule has 1 aliphatic carbocycles. The number of rotatable bonds is 7. The molecule has 0 radical (unpaired) electrons. The van der Waals surface area contributed by atoms with Gasteiger partial charge in [0.1, 0.15) is 0 Å². The number of carbonyl (C=O) groups excluding carboxylic acids is 2. The second-order valence-corrected chi connectivity index (χ2v) is 12.8. The molecule has 0 N–H and O–H groups in total. The minimum Gasteiger partial charge on any atom is -0.452 e. The first-order valence-electron chi connectivity index (χ1n) is 14.6. The second kappa shape index (κ2) is 12.6. The van der Waals surface area contributed by atoms with Gasteiger partial charge in [0.25, 0.3) is 11.6 Å². The van der Waals surface area contributed by atoms with Gasteiger partial charge in [-0.1, -0.05) is 36.4 Å². The number of nitrogens with zero attached hydrogens (tertiary/aromatic N) is 4. The third kappa shape index (κ3) is 6.19. The van der Waals surface area contributed by atoms with Crippen LogP contribution >= 0.6 is 0 Å². The van der Waals surface area contributed by atoms with Crippen molar-refractivity contribution in [1.29, 1.82) is 0 Å². The van der Waals surface area contributed by atoms with E-state index in [1.165, 1.54) is 21.3 Å². The number of nitro benzene ring substituents is 1. The van der Waals surface area contributed by atoms with Crippen molar-refractivity contribution >= 4 is 50.1 Å². The summed E-state index contributed by atoms with van der Waals surface area (Å²) in [6.45, 7) is 0.188. The van der Waals surface area contributed by atoms with E-state index in [4.69, 9.17) is 9.72 Å². The van der Waals surface area contributed by atoms with Gasteiger partial charge in [-0.25, -0.2) is 18.2 Å². The van der Waals surface area contributed by atoms with Gasteiger partial charge in [-0.3, -0.25) is 14.9 Å². The molecule has 1 fully saturated rings. The molecule has 0 unspecified atom stereocenters. The van der Waals surface area contributed by atoms with Crippen LogP contribution in [0.3, 0.4) is 0 Å². The molecule has 1 amide bonds. The number of amides is 1. The van der Waals surface area contributed by atoms with Crippen molar-refractivity contribution in [3.05, 3.63) is 111 Å². The number of sulfonamides is 1. The van der Waals surface area contributed by atoms with E-state index >= 15 is 0 Å². The lowest BCUT2D eigenvalue weighted by Gasteiger charge is -2.33. The first-order valence-corrected chi connectivity index (χ1v) is 16.0. The van der Waals surface area contributed by atoms with E-state index < -0.39 is 33.4 Å². The lowest BCUT2D eigenvalue weighted by molar-refractivity contribution is -0.384. The number of fused-ring (bicyclic) bond motifs is 2. The molecule has 1 aromatic heterocycles. The summed E-state index contributed by atoms with van der Waals surface area (Å²) in [6, 6.07) is 21.7. The topological polar surface area (TPSA) is 140 Å². The Morgan fingerprint density at radius 1 is 0.911 bits per heavy atom. The molecule has 3 aromatic carbocycles. The number of nitro groups is 1. The predicted octanol–water partition coefficient (Wildman–Crippen LogP) is 4.71. The molecular formula is C33H30N4O7S. The van der Waals surface area contributed by atoms with Crippen molar-refractivity contribution in [2.75, 3.05) is 32.8 Å². The quantitative estimate of drug-likeness (QED) is 0.163. The molecule has 230 valence electrons. The van der Waals surface area contributed by atoms with Crippen molar-refractivity contribution in [2.45, 2.75) is 24.2 Å². The van der Waals surface area contributed by atoms with Gasteiger partial charge in [-0.15, -0.1) is 0 Å². The maximum atomic E-state index is 13.6. The van der Waals surface area contributed by atoms with Crippen LogP contribution in [0.4, 0.5) is 5.69 Å². The Bertz CT molecular complexity index is 1920. The fraction of sp³-hybridized carbons (Fsp3) is 0.242. The zero-order chi connectivity index (χ0) is 31.6. The fourth-order valence-corrected chi connectivity index (χ4v) is 7.25. The van der Waals surface area contributed by atoms with Crippen LogP contribution in [0.5, 0.6) is 0 Å². The van der Waals surface area contributed by atoms with E-state index in [2.05, 4.69) is 0 Å². The summed E-state index contributed by atoms with van der Waals surface area (Å²) in [5.41, 5.74) is 4.09. The number of piperazine rings is 1. The summed E-state index contributed by atoms with van der Waals surface area (Å²) in [4.78, 5) is 43.9. The monoisotopic (exact) mass is 626 g/mol. The number of carbonyl (C=O) groups is 2. The van der Waals surface area contributed by atoms with Gasteiger partial charge in [-0.05, 0) is 72.4 Å². The highest BCUT2D eigenvalue weighted by atomic mass is 32.2. The molecule has 12 heteroatoms. The van der Waals surface area contributed by atoms with Crippen molar-refractivity contribution in [2.24, 2.45) is 0 Å². The van der Waals surface area contributed by atoms with Gasteiger partial charge >= 0.3 is 5.97 Å². The summed E-state index contributed by atoms with van der Waals surface area (Å²) in [5, 5.41) is 11.7. The Morgan fingerprint density at radius 2 is 1.60 bits per heavy atom. The number of hydrogen-bond donors (Lipinski definition) is 0. The highest BCUT2D eigenvalue weighted by molar-refractivity contribution is 7.89. The van der Waals surface area contributed by atoms with E-state index in [0.29, 0.717) is 35.0 Å². The maximum Gasteiger partial charge on any atom is 0.339 e. The summed E-state index contributed by atoms with van der Waals surface area (Å²) >= 11 is 0. The smallest absolute Gasteiger partial charge is 0.339 e. The number of esters is 1. The number of benzene rings is 3. The van der Waals surface area contributed by atoms with Crippen LogP contribution in [0.1, 0.15) is 40.0 Å². The Balaban J connectivity index is 1.19. The third-order valence-corrected chi connectivity index (χ3v) is 10.0. The number of allylic oxidation sites excluding steroid dienone is 1. The Morgan fingerprint density at radius 3 is 2.31 bits per heavy atom. The minimum absolute atomic E-state index is 0.00369. The van der Waals surface area contributed by atoms with Gasteiger partial charge in [0, 0.05) is 43.7 Å².